The van der Waals surface area contributed by atoms with E-state index in [2.05, 4.69) is 83.1 Å². The zero-order valence-electron chi connectivity index (χ0n) is 14.1. The maximum Gasteiger partial charge on any atom is -0.0184 e. The van der Waals surface area contributed by atoms with Crippen molar-refractivity contribution in [1.29, 1.82) is 0 Å². The summed E-state index contributed by atoms with van der Waals surface area (Å²) >= 11 is 0. The molecule has 0 atom stereocenters. The van der Waals surface area contributed by atoms with Crippen LogP contribution < -0.4 is 0 Å². The number of hydrogen-bond acceptors (Lipinski definition) is 0. The lowest BCUT2D eigenvalue weighted by molar-refractivity contribution is 0.411. The summed E-state index contributed by atoms with van der Waals surface area (Å²) < 4.78 is 0. The van der Waals surface area contributed by atoms with Crippen molar-refractivity contribution < 1.29 is 0 Å². The van der Waals surface area contributed by atoms with Crippen molar-refractivity contribution in [1.82, 2.24) is 0 Å². The van der Waals surface area contributed by atoms with Crippen LogP contribution >= 0.6 is 0 Å². The van der Waals surface area contributed by atoms with Gasteiger partial charge in [-0.2, -0.15) is 0 Å². The predicted octanol–water partition coefficient (Wildman–Crippen LogP) is 6.14. The zero-order valence-corrected chi connectivity index (χ0v) is 14.1. The zero-order chi connectivity index (χ0) is 15.5. The minimum Gasteiger partial charge on any atom is -0.0625 e. The SMILES string of the molecule is CC(C)Cc1ccc(-c2ccc(CC(C)(C)C)cc2)cc1. The average molecular weight is 280 g/mol. The molecule has 0 aromatic heterocycles. The highest BCUT2D eigenvalue weighted by molar-refractivity contribution is 5.64. The molecule has 2 aromatic rings. The summed E-state index contributed by atoms with van der Waals surface area (Å²) in [6.45, 7) is 11.4. The van der Waals surface area contributed by atoms with Crippen LogP contribution in [-0.2, 0) is 12.8 Å². The van der Waals surface area contributed by atoms with Gasteiger partial charge in [-0.05, 0) is 46.4 Å². The Morgan fingerprint density at radius 1 is 0.714 bits per heavy atom. The van der Waals surface area contributed by atoms with Gasteiger partial charge in [0.1, 0.15) is 0 Å². The Bertz CT molecular complexity index is 550. The fourth-order valence-electron chi connectivity index (χ4n) is 2.73. The second kappa shape index (κ2) is 6.47. The van der Waals surface area contributed by atoms with Crippen LogP contribution in [0.25, 0.3) is 11.1 Å². The molecule has 21 heavy (non-hydrogen) atoms. The van der Waals surface area contributed by atoms with Gasteiger partial charge in [-0.3, -0.25) is 0 Å². The van der Waals surface area contributed by atoms with E-state index in [9.17, 15) is 0 Å². The van der Waals surface area contributed by atoms with Crippen LogP contribution in [0.15, 0.2) is 48.5 Å². The Labute approximate surface area is 130 Å². The summed E-state index contributed by atoms with van der Waals surface area (Å²) in [7, 11) is 0. The molecule has 0 aliphatic carbocycles. The van der Waals surface area contributed by atoms with E-state index in [-0.39, 0.29) is 0 Å². The van der Waals surface area contributed by atoms with Gasteiger partial charge >= 0.3 is 0 Å². The van der Waals surface area contributed by atoms with E-state index >= 15 is 0 Å². The number of benzene rings is 2. The lowest BCUT2D eigenvalue weighted by Crippen LogP contribution is -2.08. The van der Waals surface area contributed by atoms with Crippen LogP contribution in [-0.4, -0.2) is 0 Å². The topological polar surface area (TPSA) is 0 Å². The Morgan fingerprint density at radius 3 is 1.52 bits per heavy atom. The van der Waals surface area contributed by atoms with Crippen LogP contribution in [0, 0.1) is 11.3 Å². The van der Waals surface area contributed by atoms with E-state index in [0.717, 1.165) is 12.8 Å². The molecule has 0 nitrogen and oxygen atoms in total. The smallest absolute Gasteiger partial charge is 0.0184 e. The normalized spacial score (nSPS) is 11.9. The van der Waals surface area contributed by atoms with Crippen molar-refractivity contribution in [3.8, 4) is 11.1 Å². The first-order valence-corrected chi connectivity index (χ1v) is 8.02. The highest BCUT2D eigenvalue weighted by Gasteiger charge is 2.11. The molecule has 0 spiro atoms. The summed E-state index contributed by atoms with van der Waals surface area (Å²) in [5.41, 5.74) is 5.81. The fourth-order valence-corrected chi connectivity index (χ4v) is 2.73. The third-order valence-electron chi connectivity index (χ3n) is 3.62. The molecule has 0 fully saturated rings. The molecule has 2 rings (SSSR count). The molecule has 0 heterocycles. The van der Waals surface area contributed by atoms with Gasteiger partial charge in [0, 0.05) is 0 Å². The van der Waals surface area contributed by atoms with Crippen LogP contribution in [0.3, 0.4) is 0 Å². The third-order valence-corrected chi connectivity index (χ3v) is 3.62. The summed E-state index contributed by atoms with van der Waals surface area (Å²) in [5.74, 6) is 0.715. The molecule has 0 heteroatoms. The van der Waals surface area contributed by atoms with Gasteiger partial charge in [-0.15, -0.1) is 0 Å². The van der Waals surface area contributed by atoms with Crippen LogP contribution in [0.2, 0.25) is 0 Å². The number of rotatable bonds is 4. The predicted molar refractivity (Wildman–Crippen MR) is 93.6 cm³/mol. The van der Waals surface area contributed by atoms with Crippen LogP contribution in [0.4, 0.5) is 0 Å². The fraction of sp³-hybridized carbons (Fsp3) is 0.429. The van der Waals surface area contributed by atoms with Crippen LogP contribution in [0.5, 0.6) is 0 Å². The molecule has 0 radical (unpaired) electrons. The molecular weight excluding hydrogens is 252 g/mol. The lowest BCUT2D eigenvalue weighted by Gasteiger charge is -2.18. The number of hydrogen-bond donors (Lipinski definition) is 0. The standard InChI is InChI=1S/C21H28/c1-16(2)14-17-6-10-19(11-7-17)20-12-8-18(9-13-20)15-21(3,4)5/h6-13,16H,14-15H2,1-5H3. The van der Waals surface area contributed by atoms with Crippen molar-refractivity contribution in [2.45, 2.75) is 47.5 Å². The first-order valence-electron chi connectivity index (χ1n) is 8.02. The van der Waals surface area contributed by atoms with Gasteiger partial charge in [-0.1, -0.05) is 83.1 Å². The van der Waals surface area contributed by atoms with Crippen molar-refractivity contribution in [2.24, 2.45) is 11.3 Å². The van der Waals surface area contributed by atoms with E-state index in [1.807, 2.05) is 0 Å². The maximum atomic E-state index is 2.29. The molecule has 0 aliphatic rings. The Kier molecular flexibility index (Phi) is 4.88. The lowest BCUT2D eigenvalue weighted by atomic mass is 9.87. The monoisotopic (exact) mass is 280 g/mol. The van der Waals surface area contributed by atoms with E-state index in [1.165, 1.54) is 22.3 Å². The maximum absolute atomic E-state index is 2.29. The summed E-state index contributed by atoms with van der Waals surface area (Å²) in [4.78, 5) is 0. The van der Waals surface area contributed by atoms with Crippen molar-refractivity contribution in [3.05, 3.63) is 59.7 Å². The quantitative estimate of drug-likeness (QED) is 0.631. The van der Waals surface area contributed by atoms with Gasteiger partial charge < -0.3 is 0 Å². The molecule has 112 valence electrons. The first-order chi connectivity index (χ1) is 9.83. The molecule has 0 aliphatic heterocycles. The minimum atomic E-state index is 0.347. The second-order valence-electron chi connectivity index (χ2n) is 7.73. The molecule has 0 N–H and O–H groups in total. The minimum absolute atomic E-state index is 0.347. The Hall–Kier alpha value is -1.56. The third kappa shape index (κ3) is 5.04. The molecule has 0 saturated heterocycles. The van der Waals surface area contributed by atoms with E-state index < -0.39 is 0 Å². The average Bonchev–Trinajstić information content (AvgIpc) is 2.38. The largest absolute Gasteiger partial charge is 0.0625 e. The molecular formula is C21H28. The van der Waals surface area contributed by atoms with E-state index in [4.69, 9.17) is 0 Å². The van der Waals surface area contributed by atoms with Crippen molar-refractivity contribution >= 4 is 0 Å². The molecule has 0 bridgehead atoms. The van der Waals surface area contributed by atoms with Gasteiger partial charge in [0.05, 0.1) is 0 Å². The molecule has 0 saturated carbocycles. The Balaban J connectivity index is 2.11. The summed E-state index contributed by atoms with van der Waals surface area (Å²) in [5, 5.41) is 0. The first kappa shape index (κ1) is 15.8. The van der Waals surface area contributed by atoms with Gasteiger partial charge in [-0.25, -0.2) is 0 Å². The van der Waals surface area contributed by atoms with E-state index in [0.29, 0.717) is 11.3 Å². The van der Waals surface area contributed by atoms with Crippen LogP contribution in [0.1, 0.15) is 45.7 Å². The Morgan fingerprint density at radius 2 is 1.14 bits per heavy atom. The van der Waals surface area contributed by atoms with Crippen molar-refractivity contribution in [2.75, 3.05) is 0 Å². The molecule has 2 aromatic carbocycles. The van der Waals surface area contributed by atoms with Gasteiger partial charge in [0.15, 0.2) is 0 Å². The highest BCUT2D eigenvalue weighted by Crippen LogP contribution is 2.24. The van der Waals surface area contributed by atoms with Gasteiger partial charge in [0.25, 0.3) is 0 Å². The second-order valence-corrected chi connectivity index (χ2v) is 7.73. The molecule has 0 unspecified atom stereocenters. The molecule has 0 amide bonds. The summed E-state index contributed by atoms with van der Waals surface area (Å²) in [6, 6.07) is 18.0. The van der Waals surface area contributed by atoms with Gasteiger partial charge in [0.2, 0.25) is 0 Å². The highest BCUT2D eigenvalue weighted by atomic mass is 14.2. The van der Waals surface area contributed by atoms with Crippen molar-refractivity contribution in [3.63, 3.8) is 0 Å². The summed E-state index contributed by atoms with van der Waals surface area (Å²) in [6.07, 6.45) is 2.28. The van der Waals surface area contributed by atoms with E-state index in [1.54, 1.807) is 0 Å².